The van der Waals surface area contributed by atoms with E-state index in [9.17, 15) is 4.21 Å². The van der Waals surface area contributed by atoms with E-state index in [4.69, 9.17) is 0 Å². The quantitative estimate of drug-likeness (QED) is 0.877. The average Bonchev–Trinajstić information content (AvgIpc) is 2.88. The first-order valence-corrected chi connectivity index (χ1v) is 7.99. The van der Waals surface area contributed by atoms with Crippen LogP contribution in [0.5, 0.6) is 0 Å². The molecule has 2 unspecified atom stereocenters. The van der Waals surface area contributed by atoms with Gasteiger partial charge in [-0.05, 0) is 19.8 Å². The molecule has 4 nitrogen and oxygen atoms in total. The minimum atomic E-state index is -0.769. The molecule has 0 bridgehead atoms. The molecule has 0 spiro atoms. The Morgan fingerprint density at radius 1 is 1.59 bits per heavy atom. The summed E-state index contributed by atoms with van der Waals surface area (Å²) in [4.78, 5) is 4.36. The number of hydrogen-bond acceptors (Lipinski definition) is 3. The lowest BCUT2D eigenvalue weighted by molar-refractivity contribution is 0.594. The number of nitrogens with zero attached hydrogens (tertiary/aromatic N) is 2. The molecular formula is C12H21N3OS. The summed E-state index contributed by atoms with van der Waals surface area (Å²) < 4.78 is 13.4. The number of hydrogen-bond donors (Lipinski definition) is 1. The highest BCUT2D eigenvalue weighted by Crippen LogP contribution is 2.23. The third-order valence-electron chi connectivity index (χ3n) is 3.31. The van der Waals surface area contributed by atoms with Crippen LogP contribution in [-0.2, 0) is 10.8 Å². The molecule has 1 fully saturated rings. The lowest BCUT2D eigenvalue weighted by Gasteiger charge is -2.18. The van der Waals surface area contributed by atoms with Crippen molar-refractivity contribution < 1.29 is 4.21 Å². The second-order valence-electron chi connectivity index (χ2n) is 4.87. The van der Waals surface area contributed by atoms with Gasteiger partial charge in [0, 0.05) is 47.3 Å². The summed E-state index contributed by atoms with van der Waals surface area (Å²) in [6, 6.07) is 0.794. The predicted octanol–water partition coefficient (Wildman–Crippen LogP) is 2.18. The van der Waals surface area contributed by atoms with Gasteiger partial charge in [0.15, 0.2) is 0 Å². The van der Waals surface area contributed by atoms with Crippen LogP contribution in [0.15, 0.2) is 12.4 Å². The molecule has 0 amide bonds. The smallest absolute Gasteiger partial charge is 0.203 e. The highest BCUT2D eigenvalue weighted by atomic mass is 32.2. The Bertz CT molecular complexity index is 385. The van der Waals surface area contributed by atoms with Crippen LogP contribution in [0.2, 0.25) is 0 Å². The van der Waals surface area contributed by atoms with E-state index in [1.54, 1.807) is 6.26 Å². The molecule has 1 N–H and O–H groups in total. The molecule has 0 saturated heterocycles. The van der Waals surface area contributed by atoms with Gasteiger partial charge in [-0.15, -0.1) is 0 Å². The van der Waals surface area contributed by atoms with Crippen LogP contribution in [0.1, 0.15) is 38.6 Å². The molecular weight excluding hydrogens is 234 g/mol. The second-order valence-corrected chi connectivity index (χ2v) is 6.35. The lowest BCUT2D eigenvalue weighted by Crippen LogP contribution is -2.21. The fourth-order valence-electron chi connectivity index (χ4n) is 2.45. The minimum Gasteiger partial charge on any atom is -0.353 e. The van der Waals surface area contributed by atoms with Crippen molar-refractivity contribution in [2.45, 2.75) is 44.7 Å². The van der Waals surface area contributed by atoms with Gasteiger partial charge >= 0.3 is 0 Å². The Morgan fingerprint density at radius 3 is 2.94 bits per heavy atom. The molecule has 1 aromatic rings. The predicted molar refractivity (Wildman–Crippen MR) is 71.8 cm³/mol. The van der Waals surface area contributed by atoms with Crippen molar-refractivity contribution in [3.8, 4) is 0 Å². The topological polar surface area (TPSA) is 46.9 Å². The van der Waals surface area contributed by atoms with Crippen molar-refractivity contribution in [3.63, 3.8) is 0 Å². The van der Waals surface area contributed by atoms with Gasteiger partial charge in [-0.1, -0.05) is 12.8 Å². The van der Waals surface area contributed by atoms with Crippen LogP contribution < -0.4 is 5.32 Å². The Hall–Kier alpha value is -0.840. The Kier molecular flexibility index (Phi) is 4.20. The largest absolute Gasteiger partial charge is 0.353 e. The van der Waals surface area contributed by atoms with Gasteiger partial charge in [-0.3, -0.25) is 4.21 Å². The van der Waals surface area contributed by atoms with Crippen molar-refractivity contribution in [3.05, 3.63) is 12.4 Å². The van der Waals surface area contributed by atoms with E-state index in [1.165, 1.54) is 25.7 Å². The first kappa shape index (κ1) is 12.6. The molecule has 1 aliphatic rings. The maximum absolute atomic E-state index is 11.3. The average molecular weight is 255 g/mol. The molecule has 0 aromatic carbocycles. The highest BCUT2D eigenvalue weighted by molar-refractivity contribution is 7.84. The van der Waals surface area contributed by atoms with Gasteiger partial charge in [-0.25, -0.2) is 4.98 Å². The van der Waals surface area contributed by atoms with E-state index in [0.717, 1.165) is 5.95 Å². The molecule has 0 aliphatic heterocycles. The third-order valence-corrected chi connectivity index (χ3v) is 4.26. The van der Waals surface area contributed by atoms with Crippen molar-refractivity contribution in [2.24, 2.45) is 0 Å². The van der Waals surface area contributed by atoms with E-state index in [2.05, 4.69) is 21.8 Å². The van der Waals surface area contributed by atoms with Gasteiger partial charge in [0.2, 0.25) is 5.95 Å². The first-order valence-electron chi connectivity index (χ1n) is 6.26. The number of imidazole rings is 1. The summed E-state index contributed by atoms with van der Waals surface area (Å²) >= 11 is 0. The normalized spacial score (nSPS) is 20.4. The standard InChI is InChI=1S/C12H21N3OS/c1-10(9-17(2)16)15-8-7-13-12(15)14-11-5-3-4-6-11/h7-8,10-11H,3-6,9H2,1-2H3,(H,13,14). The van der Waals surface area contributed by atoms with Gasteiger partial charge in [-0.2, -0.15) is 0 Å². The van der Waals surface area contributed by atoms with E-state index >= 15 is 0 Å². The summed E-state index contributed by atoms with van der Waals surface area (Å²) in [5.41, 5.74) is 0. The monoisotopic (exact) mass is 255 g/mol. The SMILES string of the molecule is CC(CS(C)=O)n1ccnc1NC1CCCC1. The molecule has 1 heterocycles. The van der Waals surface area contributed by atoms with E-state index in [1.807, 2.05) is 12.4 Å². The van der Waals surface area contributed by atoms with Crippen molar-refractivity contribution >= 4 is 16.7 Å². The summed E-state index contributed by atoms with van der Waals surface area (Å²) in [6.45, 7) is 2.09. The first-order chi connectivity index (χ1) is 8.16. The van der Waals surface area contributed by atoms with Crippen molar-refractivity contribution in [2.75, 3.05) is 17.3 Å². The maximum Gasteiger partial charge on any atom is 0.203 e. The molecule has 5 heteroatoms. The molecule has 1 aromatic heterocycles. The Balaban J connectivity index is 2.02. The van der Waals surface area contributed by atoms with Gasteiger partial charge in [0.1, 0.15) is 0 Å². The van der Waals surface area contributed by atoms with Crippen LogP contribution in [0, 0.1) is 0 Å². The fraction of sp³-hybridized carbons (Fsp3) is 0.750. The van der Waals surface area contributed by atoms with Gasteiger partial charge < -0.3 is 9.88 Å². The molecule has 2 atom stereocenters. The third kappa shape index (κ3) is 3.31. The summed E-state index contributed by atoms with van der Waals surface area (Å²) in [5, 5.41) is 3.50. The summed E-state index contributed by atoms with van der Waals surface area (Å²) in [7, 11) is -0.769. The van der Waals surface area contributed by atoms with Crippen LogP contribution in [0.3, 0.4) is 0 Å². The number of anilines is 1. The number of rotatable bonds is 5. The Labute approximate surface area is 105 Å². The van der Waals surface area contributed by atoms with Gasteiger partial charge in [0.05, 0.1) is 0 Å². The molecule has 1 aliphatic carbocycles. The second kappa shape index (κ2) is 5.67. The van der Waals surface area contributed by atoms with Crippen LogP contribution in [0.25, 0.3) is 0 Å². The molecule has 96 valence electrons. The number of nitrogens with one attached hydrogen (secondary N) is 1. The maximum atomic E-state index is 11.3. The molecule has 1 saturated carbocycles. The number of aromatic nitrogens is 2. The van der Waals surface area contributed by atoms with Crippen LogP contribution in [-0.4, -0.2) is 31.8 Å². The van der Waals surface area contributed by atoms with E-state index in [0.29, 0.717) is 11.8 Å². The summed E-state index contributed by atoms with van der Waals surface area (Å²) in [5.74, 6) is 1.60. The zero-order chi connectivity index (χ0) is 12.3. The van der Waals surface area contributed by atoms with Crippen molar-refractivity contribution in [1.82, 2.24) is 9.55 Å². The Morgan fingerprint density at radius 2 is 2.29 bits per heavy atom. The van der Waals surface area contributed by atoms with Gasteiger partial charge in [0.25, 0.3) is 0 Å². The van der Waals surface area contributed by atoms with E-state index < -0.39 is 10.8 Å². The highest BCUT2D eigenvalue weighted by Gasteiger charge is 2.18. The molecule has 2 rings (SSSR count). The van der Waals surface area contributed by atoms with Crippen molar-refractivity contribution in [1.29, 1.82) is 0 Å². The lowest BCUT2D eigenvalue weighted by atomic mass is 10.2. The zero-order valence-electron chi connectivity index (χ0n) is 10.6. The van der Waals surface area contributed by atoms with Crippen LogP contribution >= 0.6 is 0 Å². The molecule has 0 radical (unpaired) electrons. The fourth-order valence-corrected chi connectivity index (χ4v) is 3.29. The molecule has 17 heavy (non-hydrogen) atoms. The van der Waals surface area contributed by atoms with Crippen LogP contribution in [0.4, 0.5) is 5.95 Å². The minimum absolute atomic E-state index is 0.229. The summed E-state index contributed by atoms with van der Waals surface area (Å²) in [6.07, 6.45) is 10.6. The van der Waals surface area contributed by atoms with E-state index in [-0.39, 0.29) is 6.04 Å². The zero-order valence-corrected chi connectivity index (χ0v) is 11.4.